The Kier molecular flexibility index (Phi) is 6.39. The molecular formula is C23H24N4O2S. The van der Waals surface area contributed by atoms with E-state index in [0.29, 0.717) is 13.0 Å². The van der Waals surface area contributed by atoms with Crippen molar-refractivity contribution < 1.29 is 9.59 Å². The lowest BCUT2D eigenvalue weighted by Gasteiger charge is -2.05. The Morgan fingerprint density at radius 3 is 2.80 bits per heavy atom. The number of thiophene rings is 1. The zero-order valence-electron chi connectivity index (χ0n) is 16.7. The van der Waals surface area contributed by atoms with Gasteiger partial charge in [0.05, 0.1) is 16.7 Å². The molecule has 6 nitrogen and oxygen atoms in total. The molecule has 0 unspecified atom stereocenters. The van der Waals surface area contributed by atoms with Crippen LogP contribution in [-0.2, 0) is 17.8 Å². The molecule has 0 radical (unpaired) electrons. The minimum absolute atomic E-state index is 0.0110. The summed E-state index contributed by atoms with van der Waals surface area (Å²) in [6, 6.07) is 11.7. The first-order chi connectivity index (χ1) is 14.7. The van der Waals surface area contributed by atoms with E-state index >= 15 is 0 Å². The second-order valence-electron chi connectivity index (χ2n) is 7.18. The molecule has 0 aliphatic carbocycles. The minimum atomic E-state index is -0.0110. The van der Waals surface area contributed by atoms with Gasteiger partial charge in [0.15, 0.2) is 0 Å². The highest BCUT2D eigenvalue weighted by Crippen LogP contribution is 2.24. The van der Waals surface area contributed by atoms with Gasteiger partial charge in [-0.1, -0.05) is 24.3 Å². The molecule has 4 rings (SSSR count). The summed E-state index contributed by atoms with van der Waals surface area (Å²) in [7, 11) is 0. The summed E-state index contributed by atoms with van der Waals surface area (Å²) in [6.07, 6.45) is 10.2. The summed E-state index contributed by atoms with van der Waals surface area (Å²) < 4.78 is 3.73. The number of hydrogen-bond acceptors (Lipinski definition) is 4. The second-order valence-corrected chi connectivity index (χ2v) is 8.13. The molecule has 7 heteroatoms. The van der Waals surface area contributed by atoms with Crippen LogP contribution in [-0.4, -0.2) is 32.5 Å². The topological polar surface area (TPSA) is 68.9 Å². The van der Waals surface area contributed by atoms with Gasteiger partial charge in [-0.15, -0.1) is 11.3 Å². The van der Waals surface area contributed by atoms with Crippen LogP contribution >= 0.6 is 11.3 Å². The maximum Gasteiger partial charge on any atom is 0.272 e. The fourth-order valence-electron chi connectivity index (χ4n) is 3.57. The van der Waals surface area contributed by atoms with Gasteiger partial charge >= 0.3 is 0 Å². The van der Waals surface area contributed by atoms with E-state index in [0.717, 1.165) is 47.2 Å². The van der Waals surface area contributed by atoms with Gasteiger partial charge in [0.1, 0.15) is 0 Å². The largest absolute Gasteiger partial charge is 0.356 e. The Morgan fingerprint density at radius 2 is 2.00 bits per heavy atom. The van der Waals surface area contributed by atoms with Crippen LogP contribution in [0.5, 0.6) is 0 Å². The summed E-state index contributed by atoms with van der Waals surface area (Å²) >= 11 is 1.45. The van der Waals surface area contributed by atoms with E-state index in [1.165, 1.54) is 11.3 Å². The number of amides is 1. The number of nitrogens with zero attached hydrogens (tertiary/aromatic N) is 3. The molecular weight excluding hydrogens is 396 g/mol. The molecule has 4 aromatic rings. The number of aryl methyl sites for hydroxylation is 2. The number of benzene rings is 1. The fraction of sp³-hybridized carbons (Fsp3) is 0.261. The molecule has 154 valence electrons. The molecule has 0 bridgehead atoms. The average molecular weight is 421 g/mol. The van der Waals surface area contributed by atoms with E-state index in [1.54, 1.807) is 17.1 Å². The van der Waals surface area contributed by atoms with Crippen LogP contribution in [0.2, 0.25) is 0 Å². The third-order valence-corrected chi connectivity index (χ3v) is 5.93. The molecule has 3 aromatic heterocycles. The van der Waals surface area contributed by atoms with Crippen molar-refractivity contribution >= 4 is 34.1 Å². The van der Waals surface area contributed by atoms with Crippen LogP contribution in [0.3, 0.4) is 0 Å². The van der Waals surface area contributed by atoms with Crippen molar-refractivity contribution in [3.05, 3.63) is 77.1 Å². The predicted molar refractivity (Wildman–Crippen MR) is 119 cm³/mol. The lowest BCUT2D eigenvalue weighted by Crippen LogP contribution is -2.24. The summed E-state index contributed by atoms with van der Waals surface area (Å²) in [5.41, 5.74) is 2.01. The van der Waals surface area contributed by atoms with Crippen molar-refractivity contribution in [2.24, 2.45) is 0 Å². The Morgan fingerprint density at radius 1 is 1.10 bits per heavy atom. The highest BCUT2D eigenvalue weighted by atomic mass is 32.1. The Balaban J connectivity index is 1.31. The molecule has 0 saturated carbocycles. The van der Waals surface area contributed by atoms with Gasteiger partial charge in [-0.2, -0.15) is 0 Å². The third kappa shape index (κ3) is 4.68. The van der Waals surface area contributed by atoms with E-state index in [2.05, 4.69) is 10.3 Å². The van der Waals surface area contributed by atoms with E-state index in [4.69, 9.17) is 0 Å². The monoisotopic (exact) mass is 420 g/mol. The van der Waals surface area contributed by atoms with Gasteiger partial charge in [-0.3, -0.25) is 14.2 Å². The maximum atomic E-state index is 12.9. The standard InChI is InChI=1S/C23H24N4O2S/c28-22(25-11-5-13-26-14-12-24-17-26)10-3-6-18-16-27(20-8-2-1-7-19(18)20)23(29)21-9-4-15-30-21/h1-2,4,7-9,12,14-17H,3,5-6,10-11,13H2,(H,25,28). The third-order valence-electron chi connectivity index (χ3n) is 5.07. The van der Waals surface area contributed by atoms with Crippen LogP contribution < -0.4 is 5.32 Å². The number of para-hydroxylation sites is 1. The molecule has 0 spiro atoms. The Bertz CT molecular complexity index is 1110. The number of carbonyl (C=O) groups is 2. The zero-order chi connectivity index (χ0) is 20.8. The Hall–Kier alpha value is -3.19. The normalized spacial score (nSPS) is 11.1. The van der Waals surface area contributed by atoms with Gasteiger partial charge < -0.3 is 9.88 Å². The number of carbonyl (C=O) groups excluding carboxylic acids is 2. The van der Waals surface area contributed by atoms with Crippen LogP contribution in [0, 0.1) is 0 Å². The van der Waals surface area contributed by atoms with Crippen LogP contribution in [0.15, 0.2) is 66.7 Å². The molecule has 3 heterocycles. The average Bonchev–Trinajstić information content (AvgIpc) is 3.52. The number of rotatable bonds is 9. The molecule has 1 aromatic carbocycles. The predicted octanol–water partition coefficient (Wildman–Crippen LogP) is 4.12. The highest BCUT2D eigenvalue weighted by Gasteiger charge is 2.15. The van der Waals surface area contributed by atoms with Crippen molar-refractivity contribution in [2.45, 2.75) is 32.2 Å². The van der Waals surface area contributed by atoms with E-state index in [9.17, 15) is 9.59 Å². The number of imidazole rings is 1. The number of nitrogens with one attached hydrogen (secondary N) is 1. The zero-order valence-corrected chi connectivity index (χ0v) is 17.5. The van der Waals surface area contributed by atoms with Crippen molar-refractivity contribution in [1.82, 2.24) is 19.4 Å². The Labute approximate surface area is 179 Å². The first-order valence-electron chi connectivity index (χ1n) is 10.1. The van der Waals surface area contributed by atoms with Crippen LogP contribution in [0.4, 0.5) is 0 Å². The van der Waals surface area contributed by atoms with Gasteiger partial charge in [0.25, 0.3) is 5.91 Å². The number of aromatic nitrogens is 3. The lowest BCUT2D eigenvalue weighted by atomic mass is 10.1. The first-order valence-corrected chi connectivity index (χ1v) is 11.0. The molecule has 0 fully saturated rings. The van der Waals surface area contributed by atoms with Crippen molar-refractivity contribution in [2.75, 3.05) is 6.54 Å². The molecule has 0 aliphatic rings. The molecule has 0 atom stereocenters. The maximum absolute atomic E-state index is 12.9. The number of fused-ring (bicyclic) bond motifs is 1. The van der Waals surface area contributed by atoms with E-state index in [1.807, 2.05) is 58.7 Å². The highest BCUT2D eigenvalue weighted by molar-refractivity contribution is 7.12. The van der Waals surface area contributed by atoms with Gasteiger partial charge in [-0.05, 0) is 42.3 Å². The summed E-state index contributed by atoms with van der Waals surface area (Å²) in [5, 5.41) is 5.96. The molecule has 0 aliphatic heterocycles. The fourth-order valence-corrected chi connectivity index (χ4v) is 4.23. The summed E-state index contributed by atoms with van der Waals surface area (Å²) in [6.45, 7) is 1.50. The molecule has 1 N–H and O–H groups in total. The van der Waals surface area contributed by atoms with Gasteiger partial charge in [0, 0.05) is 43.5 Å². The SMILES string of the molecule is O=C(CCCc1cn(C(=O)c2cccs2)c2ccccc12)NCCCn1ccnc1. The summed E-state index contributed by atoms with van der Waals surface area (Å²) in [5.74, 6) is 0.0575. The van der Waals surface area contributed by atoms with Crippen molar-refractivity contribution in [1.29, 1.82) is 0 Å². The van der Waals surface area contributed by atoms with Gasteiger partial charge in [0.2, 0.25) is 5.91 Å². The van der Waals surface area contributed by atoms with Gasteiger partial charge in [-0.25, -0.2) is 4.98 Å². The van der Waals surface area contributed by atoms with Crippen LogP contribution in [0.25, 0.3) is 10.9 Å². The first kappa shape index (κ1) is 20.1. The second kappa shape index (κ2) is 9.54. The lowest BCUT2D eigenvalue weighted by molar-refractivity contribution is -0.121. The van der Waals surface area contributed by atoms with Crippen molar-refractivity contribution in [3.8, 4) is 0 Å². The quantitative estimate of drug-likeness (QED) is 0.414. The number of hydrogen-bond donors (Lipinski definition) is 1. The van der Waals surface area contributed by atoms with E-state index in [-0.39, 0.29) is 11.8 Å². The molecule has 1 amide bonds. The van der Waals surface area contributed by atoms with Crippen LogP contribution in [0.1, 0.15) is 34.5 Å². The van der Waals surface area contributed by atoms with Crippen molar-refractivity contribution in [3.63, 3.8) is 0 Å². The molecule has 30 heavy (non-hydrogen) atoms. The molecule has 0 saturated heterocycles. The smallest absolute Gasteiger partial charge is 0.272 e. The summed E-state index contributed by atoms with van der Waals surface area (Å²) in [4.78, 5) is 29.7. The van der Waals surface area contributed by atoms with E-state index < -0.39 is 0 Å². The minimum Gasteiger partial charge on any atom is -0.356 e.